The minimum atomic E-state index is 1.20. The molecule has 0 atom stereocenters. The van der Waals surface area contributed by atoms with Crippen LogP contribution in [-0.4, -0.2) is 0 Å². The van der Waals surface area contributed by atoms with Gasteiger partial charge in [-0.05, 0) is 24.6 Å². The first kappa shape index (κ1) is 18.3. The Morgan fingerprint density at radius 3 is 1.71 bits per heavy atom. The van der Waals surface area contributed by atoms with E-state index < -0.39 is 0 Å². The lowest BCUT2D eigenvalue weighted by molar-refractivity contribution is 1.50. The molecule has 1 heteroatoms. The SMILES string of the molecule is C=Cc1sc(=C/C)/c(=C\C)c1C=C.CC.CC. The van der Waals surface area contributed by atoms with E-state index in [0.717, 1.165) is 0 Å². The summed E-state index contributed by atoms with van der Waals surface area (Å²) in [5, 5.41) is 1.28. The molecule has 1 aromatic rings. The van der Waals surface area contributed by atoms with Crippen LogP contribution < -0.4 is 9.75 Å². The fraction of sp³-hybridized carbons (Fsp3) is 0.375. The van der Waals surface area contributed by atoms with Crippen LogP contribution in [0.1, 0.15) is 52.0 Å². The minimum absolute atomic E-state index is 1.20. The van der Waals surface area contributed by atoms with Crippen LogP contribution >= 0.6 is 11.3 Å². The van der Waals surface area contributed by atoms with Gasteiger partial charge in [0.25, 0.3) is 0 Å². The van der Waals surface area contributed by atoms with Crippen LogP contribution in [0.3, 0.4) is 0 Å². The molecule has 1 rings (SSSR count). The van der Waals surface area contributed by atoms with Crippen molar-refractivity contribution in [3.63, 3.8) is 0 Å². The highest BCUT2D eigenvalue weighted by Gasteiger charge is 2.01. The molecule has 0 aliphatic heterocycles. The maximum absolute atomic E-state index is 3.82. The summed E-state index contributed by atoms with van der Waals surface area (Å²) in [5.41, 5.74) is 1.20. The third-order valence-electron chi connectivity index (χ3n) is 1.98. The van der Waals surface area contributed by atoms with Gasteiger partial charge in [-0.3, -0.25) is 0 Å². The van der Waals surface area contributed by atoms with Crippen molar-refractivity contribution in [2.45, 2.75) is 41.5 Å². The summed E-state index contributed by atoms with van der Waals surface area (Å²) in [4.78, 5) is 1.20. The van der Waals surface area contributed by atoms with Crippen LogP contribution in [0.5, 0.6) is 0 Å². The Morgan fingerprint density at radius 1 is 0.882 bits per heavy atom. The molecule has 0 amide bonds. The summed E-state index contributed by atoms with van der Waals surface area (Å²) in [5.74, 6) is 0. The minimum Gasteiger partial charge on any atom is -0.136 e. The van der Waals surface area contributed by atoms with Gasteiger partial charge in [-0.25, -0.2) is 0 Å². The van der Waals surface area contributed by atoms with E-state index in [2.05, 4.69) is 39.2 Å². The first-order chi connectivity index (χ1) is 8.28. The summed E-state index contributed by atoms with van der Waals surface area (Å²) >= 11 is 1.76. The largest absolute Gasteiger partial charge is 0.136 e. The molecule has 0 saturated heterocycles. The smallest absolute Gasteiger partial charge is 0.0349 e. The van der Waals surface area contributed by atoms with Crippen molar-refractivity contribution in [1.29, 1.82) is 0 Å². The van der Waals surface area contributed by atoms with Crippen LogP contribution in [-0.2, 0) is 0 Å². The van der Waals surface area contributed by atoms with Crippen molar-refractivity contribution in [2.24, 2.45) is 0 Å². The molecule has 17 heavy (non-hydrogen) atoms. The summed E-state index contributed by atoms with van der Waals surface area (Å²) < 4.78 is 1.30. The quantitative estimate of drug-likeness (QED) is 0.714. The number of thiophene rings is 1. The molecule has 0 N–H and O–H groups in total. The third kappa shape index (κ3) is 4.74. The van der Waals surface area contributed by atoms with E-state index >= 15 is 0 Å². The highest BCUT2D eigenvalue weighted by molar-refractivity contribution is 7.11. The molecule has 96 valence electrons. The average molecular weight is 250 g/mol. The zero-order valence-electron chi connectivity index (χ0n) is 12.1. The number of rotatable bonds is 2. The highest BCUT2D eigenvalue weighted by atomic mass is 32.1. The zero-order chi connectivity index (χ0) is 13.8. The molecule has 1 aromatic heterocycles. The van der Waals surface area contributed by atoms with Crippen molar-refractivity contribution >= 4 is 35.6 Å². The zero-order valence-corrected chi connectivity index (χ0v) is 12.9. The van der Waals surface area contributed by atoms with Gasteiger partial charge in [0.2, 0.25) is 0 Å². The van der Waals surface area contributed by atoms with E-state index in [1.54, 1.807) is 11.3 Å². The fourth-order valence-electron chi connectivity index (χ4n) is 1.37. The third-order valence-corrected chi connectivity index (χ3v) is 3.26. The average Bonchev–Trinajstić information content (AvgIpc) is 2.79. The second-order valence-corrected chi connectivity index (χ2v) is 3.73. The highest BCUT2D eigenvalue weighted by Crippen LogP contribution is 2.10. The number of hydrogen-bond acceptors (Lipinski definition) is 1. The molecular weight excluding hydrogens is 224 g/mol. The van der Waals surface area contributed by atoms with E-state index in [1.165, 1.54) is 20.2 Å². The first-order valence-electron chi connectivity index (χ1n) is 6.28. The maximum Gasteiger partial charge on any atom is 0.0349 e. The van der Waals surface area contributed by atoms with Crippen molar-refractivity contribution in [1.82, 2.24) is 0 Å². The number of hydrogen-bond donors (Lipinski definition) is 0. The van der Waals surface area contributed by atoms with Crippen LogP contribution in [0.25, 0.3) is 24.3 Å². The molecular formula is C16H26S. The molecule has 0 fully saturated rings. The summed E-state index contributed by atoms with van der Waals surface area (Å²) in [7, 11) is 0. The van der Waals surface area contributed by atoms with E-state index in [1.807, 2.05) is 39.8 Å². The standard InChI is InChI=1S/C12H14S.2C2H6/c1-5-9-10(6-2)12(8-4)13-11(9)7-3;2*1-2/h5-8H,1,3H2,2,4H3;2*1-2H3/b10-6-,12-8+;;. The van der Waals surface area contributed by atoms with Crippen molar-refractivity contribution in [3.8, 4) is 0 Å². The van der Waals surface area contributed by atoms with Gasteiger partial charge in [0.05, 0.1) is 0 Å². The monoisotopic (exact) mass is 250 g/mol. The summed E-state index contributed by atoms with van der Waals surface area (Å²) in [6, 6.07) is 0. The molecule has 0 nitrogen and oxygen atoms in total. The normalized spacial score (nSPS) is 10.9. The van der Waals surface area contributed by atoms with Gasteiger partial charge in [0, 0.05) is 9.41 Å². The van der Waals surface area contributed by atoms with Crippen LogP contribution in [0.15, 0.2) is 13.2 Å². The van der Waals surface area contributed by atoms with Crippen molar-refractivity contribution < 1.29 is 0 Å². The molecule has 0 aliphatic carbocycles. The Balaban J connectivity index is 0. The molecule has 0 saturated carbocycles. The summed E-state index contributed by atoms with van der Waals surface area (Å²) in [6.07, 6.45) is 8.04. The second kappa shape index (κ2) is 11.4. The molecule has 0 unspecified atom stereocenters. The predicted octanol–water partition coefficient (Wildman–Crippen LogP) is 4.69. The predicted molar refractivity (Wildman–Crippen MR) is 86.7 cm³/mol. The van der Waals surface area contributed by atoms with Gasteiger partial charge in [-0.2, -0.15) is 0 Å². The molecule has 0 aliphatic rings. The Kier molecular flexibility index (Phi) is 12.3. The van der Waals surface area contributed by atoms with Gasteiger partial charge >= 0.3 is 0 Å². The topological polar surface area (TPSA) is 0 Å². The Morgan fingerprint density at radius 2 is 1.41 bits per heavy atom. The lowest BCUT2D eigenvalue weighted by atomic mass is 10.2. The van der Waals surface area contributed by atoms with Crippen LogP contribution in [0.2, 0.25) is 0 Å². The Hall–Kier alpha value is -1.08. The van der Waals surface area contributed by atoms with E-state index in [-0.39, 0.29) is 0 Å². The summed E-state index contributed by atoms with van der Waals surface area (Å²) in [6.45, 7) is 19.7. The van der Waals surface area contributed by atoms with E-state index in [9.17, 15) is 0 Å². The fourth-order valence-corrected chi connectivity index (χ4v) is 2.45. The van der Waals surface area contributed by atoms with Crippen molar-refractivity contribution in [3.05, 3.63) is 33.3 Å². The van der Waals surface area contributed by atoms with Gasteiger partial charge in [0.15, 0.2) is 0 Å². The Bertz CT molecular complexity index is 433. The lowest BCUT2D eigenvalue weighted by Gasteiger charge is -1.88. The van der Waals surface area contributed by atoms with Gasteiger partial charge in [0.1, 0.15) is 0 Å². The van der Waals surface area contributed by atoms with Crippen LogP contribution in [0.4, 0.5) is 0 Å². The van der Waals surface area contributed by atoms with Crippen molar-refractivity contribution in [2.75, 3.05) is 0 Å². The van der Waals surface area contributed by atoms with Gasteiger partial charge in [-0.1, -0.05) is 65.2 Å². The first-order valence-corrected chi connectivity index (χ1v) is 7.10. The maximum atomic E-state index is 3.82. The molecule has 0 radical (unpaired) electrons. The van der Waals surface area contributed by atoms with E-state index in [0.29, 0.717) is 0 Å². The Labute approximate surface area is 111 Å². The second-order valence-electron chi connectivity index (χ2n) is 2.64. The van der Waals surface area contributed by atoms with Gasteiger partial charge < -0.3 is 0 Å². The lowest BCUT2D eigenvalue weighted by Crippen LogP contribution is -2.19. The van der Waals surface area contributed by atoms with Crippen LogP contribution in [0, 0.1) is 0 Å². The molecule has 1 heterocycles. The molecule has 0 bridgehead atoms. The molecule has 0 spiro atoms. The molecule has 0 aromatic carbocycles. The van der Waals surface area contributed by atoms with Gasteiger partial charge in [-0.15, -0.1) is 11.3 Å². The van der Waals surface area contributed by atoms with E-state index in [4.69, 9.17) is 0 Å².